The summed E-state index contributed by atoms with van der Waals surface area (Å²) < 4.78 is 11.1. The first-order valence-corrected chi connectivity index (χ1v) is 12.2. The fourth-order valence-electron chi connectivity index (χ4n) is 5.64. The number of fused-ring (bicyclic) bond motifs is 3. The van der Waals surface area contributed by atoms with Gasteiger partial charge in [0.15, 0.2) is 0 Å². The van der Waals surface area contributed by atoms with Gasteiger partial charge in [0.25, 0.3) is 0 Å². The van der Waals surface area contributed by atoms with E-state index < -0.39 is 35.5 Å². The minimum absolute atomic E-state index is 0.0213. The summed E-state index contributed by atoms with van der Waals surface area (Å²) in [5.41, 5.74) is 3.21. The second-order valence-corrected chi connectivity index (χ2v) is 9.64. The quantitative estimate of drug-likeness (QED) is 0.586. The second-order valence-electron chi connectivity index (χ2n) is 9.64. The Morgan fingerprint density at radius 3 is 2.29 bits per heavy atom. The minimum Gasteiger partial charge on any atom is -0.481 e. The second kappa shape index (κ2) is 9.70. The molecule has 2 aliphatic carbocycles. The summed E-state index contributed by atoms with van der Waals surface area (Å²) in [5, 5.41) is 15.2. The van der Waals surface area contributed by atoms with Crippen molar-refractivity contribution in [3.63, 3.8) is 0 Å². The average Bonchev–Trinajstić information content (AvgIpc) is 3.46. The summed E-state index contributed by atoms with van der Waals surface area (Å²) in [6.45, 7) is 0.486. The molecule has 2 aromatic carbocycles. The lowest BCUT2D eigenvalue weighted by atomic mass is 9.83. The van der Waals surface area contributed by atoms with Crippen molar-refractivity contribution in [2.75, 3.05) is 19.8 Å². The number of alkyl carbamates (subject to hydrolysis) is 1. The third kappa shape index (κ3) is 4.50. The number of hydrogen-bond acceptors (Lipinski definition) is 5. The highest BCUT2D eigenvalue weighted by Gasteiger charge is 2.46. The molecule has 1 unspecified atom stereocenters. The van der Waals surface area contributed by atoms with Crippen molar-refractivity contribution in [3.05, 3.63) is 59.7 Å². The maximum absolute atomic E-state index is 13.3. The van der Waals surface area contributed by atoms with Crippen LogP contribution in [0.4, 0.5) is 4.79 Å². The predicted octanol–water partition coefficient (Wildman–Crippen LogP) is 3.44. The summed E-state index contributed by atoms with van der Waals surface area (Å²) >= 11 is 0. The van der Waals surface area contributed by atoms with Crippen LogP contribution < -0.4 is 10.6 Å². The Balaban J connectivity index is 1.26. The number of carbonyl (C=O) groups excluding carboxylic acids is 2. The van der Waals surface area contributed by atoms with Gasteiger partial charge in [0, 0.05) is 25.0 Å². The van der Waals surface area contributed by atoms with Gasteiger partial charge in [-0.25, -0.2) is 4.79 Å². The molecule has 1 saturated heterocycles. The molecule has 2 aromatic rings. The molecule has 8 heteroatoms. The Labute approximate surface area is 204 Å². The van der Waals surface area contributed by atoms with Crippen molar-refractivity contribution >= 4 is 18.0 Å². The molecule has 5 rings (SSSR count). The molecular weight excluding hydrogens is 448 g/mol. The van der Waals surface area contributed by atoms with Gasteiger partial charge in [0.05, 0.1) is 12.5 Å². The molecule has 3 N–H and O–H groups in total. The van der Waals surface area contributed by atoms with Crippen LogP contribution in [0.5, 0.6) is 0 Å². The van der Waals surface area contributed by atoms with E-state index in [9.17, 15) is 19.5 Å². The number of carboxylic acids is 1. The predicted molar refractivity (Wildman–Crippen MR) is 128 cm³/mol. The number of hydrogen-bond donors (Lipinski definition) is 3. The summed E-state index contributed by atoms with van der Waals surface area (Å²) in [4.78, 5) is 37.8. The molecule has 35 heavy (non-hydrogen) atoms. The zero-order valence-electron chi connectivity index (χ0n) is 19.5. The van der Waals surface area contributed by atoms with Crippen LogP contribution in [0.1, 0.15) is 49.1 Å². The van der Waals surface area contributed by atoms with E-state index in [0.717, 1.165) is 35.1 Å². The molecule has 0 bridgehead atoms. The van der Waals surface area contributed by atoms with E-state index in [0.29, 0.717) is 25.9 Å². The van der Waals surface area contributed by atoms with Crippen molar-refractivity contribution in [2.24, 2.45) is 5.92 Å². The first-order valence-electron chi connectivity index (χ1n) is 12.2. The number of ether oxygens (including phenoxy) is 2. The molecule has 8 nitrogen and oxygen atoms in total. The summed E-state index contributed by atoms with van der Waals surface area (Å²) in [5.74, 6) is -2.03. The highest BCUT2D eigenvalue weighted by Crippen LogP contribution is 2.44. The van der Waals surface area contributed by atoms with Crippen LogP contribution in [0.2, 0.25) is 0 Å². The summed E-state index contributed by atoms with van der Waals surface area (Å²) in [6.07, 6.45) is 2.43. The summed E-state index contributed by atoms with van der Waals surface area (Å²) in [7, 11) is 0. The van der Waals surface area contributed by atoms with E-state index >= 15 is 0 Å². The van der Waals surface area contributed by atoms with Gasteiger partial charge in [0.1, 0.15) is 12.1 Å². The molecule has 0 spiro atoms. The number of amides is 2. The van der Waals surface area contributed by atoms with Crippen molar-refractivity contribution in [1.82, 2.24) is 10.6 Å². The van der Waals surface area contributed by atoms with Crippen LogP contribution in [-0.2, 0) is 19.1 Å². The maximum atomic E-state index is 13.3. The Morgan fingerprint density at radius 2 is 1.66 bits per heavy atom. The summed E-state index contributed by atoms with van der Waals surface area (Å²) in [6, 6.07) is 15.7. The maximum Gasteiger partial charge on any atom is 0.408 e. The average molecular weight is 479 g/mol. The van der Waals surface area contributed by atoms with Gasteiger partial charge in [0.2, 0.25) is 5.91 Å². The van der Waals surface area contributed by atoms with Gasteiger partial charge in [-0.15, -0.1) is 0 Å². The van der Waals surface area contributed by atoms with Crippen LogP contribution in [0.15, 0.2) is 48.5 Å². The Morgan fingerprint density at radius 1 is 1.00 bits per heavy atom. The van der Waals surface area contributed by atoms with Crippen molar-refractivity contribution < 1.29 is 29.0 Å². The molecule has 0 radical (unpaired) electrons. The van der Waals surface area contributed by atoms with E-state index in [1.165, 1.54) is 0 Å². The molecule has 3 aliphatic rings. The van der Waals surface area contributed by atoms with Gasteiger partial charge in [-0.2, -0.15) is 0 Å². The van der Waals surface area contributed by atoms with Crippen molar-refractivity contribution in [3.8, 4) is 11.1 Å². The van der Waals surface area contributed by atoms with E-state index in [-0.39, 0.29) is 19.1 Å². The zero-order valence-corrected chi connectivity index (χ0v) is 19.5. The normalized spacial score (nSPS) is 25.4. The van der Waals surface area contributed by atoms with Crippen molar-refractivity contribution in [2.45, 2.75) is 49.6 Å². The molecule has 1 heterocycles. The van der Waals surface area contributed by atoms with Crippen molar-refractivity contribution in [1.29, 1.82) is 0 Å². The Kier molecular flexibility index (Phi) is 6.47. The third-order valence-corrected chi connectivity index (χ3v) is 7.54. The Bertz CT molecular complexity index is 1080. The standard InChI is InChI=1S/C27H30N2O6/c30-24(31)21-11-5-6-12-23(21)28-25(32)27(13-14-34-16-27)29-26(33)35-15-22-19-9-3-1-7-17(19)18-8-2-4-10-20(18)22/h1-4,7-10,21-23H,5-6,11-16H2,(H,28,32)(H,29,33)(H,30,31)/t21-,23+,27?/m0/s1. The number of aliphatic carboxylic acids is 1. The lowest BCUT2D eigenvalue weighted by Gasteiger charge is -2.34. The number of carboxylic acid groups (broad SMARTS) is 1. The van der Waals surface area contributed by atoms with Gasteiger partial charge in [-0.3, -0.25) is 9.59 Å². The molecule has 184 valence electrons. The fourth-order valence-corrected chi connectivity index (χ4v) is 5.64. The smallest absolute Gasteiger partial charge is 0.408 e. The monoisotopic (exact) mass is 478 g/mol. The highest BCUT2D eigenvalue weighted by atomic mass is 16.6. The largest absolute Gasteiger partial charge is 0.481 e. The molecular formula is C27H30N2O6. The minimum atomic E-state index is -1.27. The molecule has 1 aliphatic heterocycles. The topological polar surface area (TPSA) is 114 Å². The van der Waals surface area contributed by atoms with Crippen LogP contribution in [0.3, 0.4) is 0 Å². The molecule has 2 fully saturated rings. The lowest BCUT2D eigenvalue weighted by molar-refractivity contribution is -0.144. The van der Waals surface area contributed by atoms with Crippen LogP contribution in [-0.4, -0.2) is 54.5 Å². The Hall–Kier alpha value is -3.39. The fraction of sp³-hybridized carbons (Fsp3) is 0.444. The first kappa shape index (κ1) is 23.4. The number of carbonyl (C=O) groups is 3. The van der Waals surface area contributed by atoms with E-state index in [4.69, 9.17) is 9.47 Å². The van der Waals surface area contributed by atoms with Gasteiger partial charge >= 0.3 is 12.1 Å². The van der Waals surface area contributed by atoms with Crippen LogP contribution in [0.25, 0.3) is 11.1 Å². The number of rotatable bonds is 6. The molecule has 1 saturated carbocycles. The lowest BCUT2D eigenvalue weighted by Crippen LogP contribution is -2.62. The van der Waals surface area contributed by atoms with Gasteiger partial charge in [-0.05, 0) is 35.1 Å². The van der Waals surface area contributed by atoms with Gasteiger partial charge in [-0.1, -0.05) is 61.4 Å². The molecule has 3 atom stereocenters. The first-order chi connectivity index (χ1) is 17.0. The van der Waals surface area contributed by atoms with Crippen LogP contribution >= 0.6 is 0 Å². The third-order valence-electron chi connectivity index (χ3n) is 7.54. The van der Waals surface area contributed by atoms with E-state index in [1.54, 1.807) is 0 Å². The van der Waals surface area contributed by atoms with E-state index in [1.807, 2.05) is 36.4 Å². The number of nitrogens with one attached hydrogen (secondary N) is 2. The molecule has 2 amide bonds. The molecule has 0 aromatic heterocycles. The van der Waals surface area contributed by atoms with E-state index in [2.05, 4.69) is 22.8 Å². The number of benzene rings is 2. The van der Waals surface area contributed by atoms with Crippen LogP contribution in [0, 0.1) is 5.92 Å². The SMILES string of the molecule is O=C(NC1(C(=O)N[C@@H]2CCCC[C@@H]2C(=O)O)CCOC1)OCC1c2ccccc2-c2ccccc21. The highest BCUT2D eigenvalue weighted by molar-refractivity contribution is 5.91. The van der Waals surface area contributed by atoms with Gasteiger partial charge < -0.3 is 25.2 Å². The zero-order chi connectivity index (χ0) is 24.4.